The number of hydrogen-bond acceptors (Lipinski definition) is 4. The van der Waals surface area contributed by atoms with Gasteiger partial charge in [-0.3, -0.25) is 9.88 Å². The molecule has 1 aliphatic rings. The van der Waals surface area contributed by atoms with Crippen molar-refractivity contribution in [3.63, 3.8) is 0 Å². The average molecular weight is 399 g/mol. The summed E-state index contributed by atoms with van der Waals surface area (Å²) < 4.78 is 5.36. The van der Waals surface area contributed by atoms with E-state index in [9.17, 15) is 0 Å². The number of piperidine rings is 1. The second-order valence-corrected chi connectivity index (χ2v) is 8.03. The van der Waals surface area contributed by atoms with Gasteiger partial charge in [-0.05, 0) is 60.7 Å². The Morgan fingerprint density at radius 1 is 1.13 bits per heavy atom. The highest BCUT2D eigenvalue weighted by atomic mass is 16.5. The summed E-state index contributed by atoms with van der Waals surface area (Å²) in [6.45, 7) is 3.12. The second-order valence-electron chi connectivity index (χ2n) is 8.03. The molecule has 5 nitrogen and oxygen atoms in total. The number of hydrogen-bond donors (Lipinski definition) is 1. The van der Waals surface area contributed by atoms with Crippen molar-refractivity contribution in [2.75, 3.05) is 20.2 Å². The summed E-state index contributed by atoms with van der Waals surface area (Å²) in [6.07, 6.45) is 8.11. The van der Waals surface area contributed by atoms with Crippen molar-refractivity contribution in [3.8, 4) is 17.0 Å². The van der Waals surface area contributed by atoms with Gasteiger partial charge in [0, 0.05) is 42.5 Å². The topological polar surface area (TPSA) is 54.0 Å². The summed E-state index contributed by atoms with van der Waals surface area (Å²) >= 11 is 0. The highest BCUT2D eigenvalue weighted by molar-refractivity contribution is 5.79. The highest BCUT2D eigenvalue weighted by Gasteiger charge is 2.23. The van der Waals surface area contributed by atoms with E-state index in [0.29, 0.717) is 5.92 Å². The molecule has 5 rings (SSSR count). The molecule has 1 fully saturated rings. The highest BCUT2D eigenvalue weighted by Crippen LogP contribution is 2.29. The molecule has 30 heavy (non-hydrogen) atoms. The van der Waals surface area contributed by atoms with Gasteiger partial charge in [0.05, 0.1) is 24.7 Å². The van der Waals surface area contributed by atoms with E-state index in [0.717, 1.165) is 48.8 Å². The van der Waals surface area contributed by atoms with Crippen LogP contribution >= 0.6 is 0 Å². The van der Waals surface area contributed by atoms with E-state index in [-0.39, 0.29) is 0 Å². The first-order valence-corrected chi connectivity index (χ1v) is 10.5. The molecule has 4 aromatic rings. The Morgan fingerprint density at radius 3 is 3.03 bits per heavy atom. The fourth-order valence-corrected chi connectivity index (χ4v) is 4.40. The SMILES string of the molecule is COc1cccc(-c2cncc([C@@H]3CCCN(Cc4ccc5[nH]ccc5c4)C3)n2)c1. The predicted molar refractivity (Wildman–Crippen MR) is 120 cm³/mol. The van der Waals surface area contributed by atoms with Crippen molar-refractivity contribution < 1.29 is 4.74 Å². The van der Waals surface area contributed by atoms with E-state index in [1.165, 1.54) is 22.9 Å². The molecule has 0 unspecified atom stereocenters. The van der Waals surface area contributed by atoms with E-state index in [1.54, 1.807) is 7.11 Å². The number of benzene rings is 2. The summed E-state index contributed by atoms with van der Waals surface area (Å²) in [4.78, 5) is 15.3. The zero-order chi connectivity index (χ0) is 20.3. The van der Waals surface area contributed by atoms with E-state index < -0.39 is 0 Å². The van der Waals surface area contributed by atoms with Gasteiger partial charge >= 0.3 is 0 Å². The van der Waals surface area contributed by atoms with Crippen LogP contribution in [0.2, 0.25) is 0 Å². The molecule has 1 atom stereocenters. The summed E-state index contributed by atoms with van der Waals surface area (Å²) in [5.74, 6) is 1.25. The number of H-pyrrole nitrogens is 1. The lowest BCUT2D eigenvalue weighted by atomic mass is 9.94. The number of fused-ring (bicyclic) bond motifs is 1. The third-order valence-electron chi connectivity index (χ3n) is 5.97. The molecule has 1 N–H and O–H groups in total. The minimum Gasteiger partial charge on any atom is -0.497 e. The first-order valence-electron chi connectivity index (χ1n) is 10.5. The summed E-state index contributed by atoms with van der Waals surface area (Å²) in [5, 5.41) is 1.28. The summed E-state index contributed by atoms with van der Waals surface area (Å²) in [5.41, 5.74) is 5.58. The van der Waals surface area contributed by atoms with Gasteiger partial charge < -0.3 is 9.72 Å². The molecule has 0 amide bonds. The van der Waals surface area contributed by atoms with Gasteiger partial charge in [-0.1, -0.05) is 18.2 Å². The van der Waals surface area contributed by atoms with Crippen molar-refractivity contribution in [1.29, 1.82) is 0 Å². The van der Waals surface area contributed by atoms with Gasteiger partial charge in [0.25, 0.3) is 0 Å². The van der Waals surface area contributed by atoms with Crippen LogP contribution in [0, 0.1) is 0 Å². The van der Waals surface area contributed by atoms with Crippen LogP contribution in [0.15, 0.2) is 67.1 Å². The standard InChI is InChI=1S/C25H26N4O/c1-30-22-6-2-4-19(13-22)24-14-26-15-25(28-24)21-5-3-11-29(17-21)16-18-7-8-23-20(12-18)9-10-27-23/h2,4,6-10,12-15,21,27H,3,5,11,16-17H2,1H3/t21-/m1/s1. The van der Waals surface area contributed by atoms with Gasteiger partial charge in [0.2, 0.25) is 0 Å². The van der Waals surface area contributed by atoms with Crippen LogP contribution in [0.5, 0.6) is 5.75 Å². The third kappa shape index (κ3) is 3.94. The number of likely N-dealkylation sites (tertiary alicyclic amines) is 1. The molecular weight excluding hydrogens is 372 g/mol. The Labute approximate surface area is 176 Å². The average Bonchev–Trinajstić information content (AvgIpc) is 3.27. The van der Waals surface area contributed by atoms with Crippen LogP contribution in [0.1, 0.15) is 30.0 Å². The van der Waals surface area contributed by atoms with Crippen molar-refractivity contribution in [3.05, 3.63) is 78.4 Å². The van der Waals surface area contributed by atoms with Gasteiger partial charge in [0.15, 0.2) is 0 Å². The molecule has 2 aromatic carbocycles. The first kappa shape index (κ1) is 18.8. The van der Waals surface area contributed by atoms with Crippen molar-refractivity contribution in [1.82, 2.24) is 19.9 Å². The van der Waals surface area contributed by atoms with Crippen LogP contribution in [-0.4, -0.2) is 40.1 Å². The maximum Gasteiger partial charge on any atom is 0.119 e. The Balaban J connectivity index is 1.33. The van der Waals surface area contributed by atoms with Crippen molar-refractivity contribution in [2.45, 2.75) is 25.3 Å². The molecule has 0 bridgehead atoms. The van der Waals surface area contributed by atoms with Crippen LogP contribution in [0.4, 0.5) is 0 Å². The number of nitrogens with zero attached hydrogens (tertiary/aromatic N) is 3. The first-order chi connectivity index (χ1) is 14.8. The van der Waals surface area contributed by atoms with Gasteiger partial charge in [-0.15, -0.1) is 0 Å². The number of nitrogens with one attached hydrogen (secondary N) is 1. The quantitative estimate of drug-likeness (QED) is 0.513. The Hall–Kier alpha value is -3.18. The third-order valence-corrected chi connectivity index (χ3v) is 5.97. The van der Waals surface area contributed by atoms with E-state index in [2.05, 4.69) is 45.2 Å². The number of rotatable bonds is 5. The maximum absolute atomic E-state index is 5.36. The molecule has 0 spiro atoms. The fourth-order valence-electron chi connectivity index (χ4n) is 4.40. The Kier molecular flexibility index (Phi) is 5.20. The van der Waals surface area contributed by atoms with Gasteiger partial charge in [-0.25, -0.2) is 4.98 Å². The van der Waals surface area contributed by atoms with Crippen molar-refractivity contribution in [2.24, 2.45) is 0 Å². The Bertz CT molecular complexity index is 1150. The normalized spacial score (nSPS) is 17.3. The number of ether oxygens (including phenoxy) is 1. The monoisotopic (exact) mass is 398 g/mol. The molecule has 1 saturated heterocycles. The van der Waals surface area contributed by atoms with Crippen LogP contribution < -0.4 is 4.74 Å². The van der Waals surface area contributed by atoms with Gasteiger partial charge in [-0.2, -0.15) is 0 Å². The summed E-state index contributed by atoms with van der Waals surface area (Å²) in [6, 6.07) is 16.8. The van der Waals surface area contributed by atoms with Crippen LogP contribution in [0.25, 0.3) is 22.2 Å². The number of aromatic nitrogens is 3. The van der Waals surface area contributed by atoms with Crippen LogP contribution in [-0.2, 0) is 6.54 Å². The van der Waals surface area contributed by atoms with E-state index in [4.69, 9.17) is 9.72 Å². The predicted octanol–water partition coefficient (Wildman–Crippen LogP) is 5.01. The lowest BCUT2D eigenvalue weighted by molar-refractivity contribution is 0.198. The second kappa shape index (κ2) is 8.28. The molecule has 5 heteroatoms. The lowest BCUT2D eigenvalue weighted by Crippen LogP contribution is -2.34. The lowest BCUT2D eigenvalue weighted by Gasteiger charge is -2.32. The Morgan fingerprint density at radius 2 is 2.10 bits per heavy atom. The molecule has 3 heterocycles. The molecule has 1 aliphatic heterocycles. The molecule has 2 aromatic heterocycles. The maximum atomic E-state index is 5.36. The molecule has 0 saturated carbocycles. The van der Waals surface area contributed by atoms with Crippen molar-refractivity contribution >= 4 is 10.9 Å². The smallest absolute Gasteiger partial charge is 0.119 e. The zero-order valence-electron chi connectivity index (χ0n) is 17.2. The van der Waals surface area contributed by atoms with Gasteiger partial charge in [0.1, 0.15) is 5.75 Å². The number of methoxy groups -OCH3 is 1. The largest absolute Gasteiger partial charge is 0.497 e. The molecule has 152 valence electrons. The van der Waals surface area contributed by atoms with E-state index in [1.807, 2.05) is 36.8 Å². The zero-order valence-corrected chi connectivity index (χ0v) is 17.2. The molecule has 0 aliphatic carbocycles. The summed E-state index contributed by atoms with van der Waals surface area (Å²) in [7, 11) is 1.69. The van der Waals surface area contributed by atoms with E-state index >= 15 is 0 Å². The number of aromatic amines is 1. The molecular formula is C25H26N4O. The minimum absolute atomic E-state index is 0.410. The minimum atomic E-state index is 0.410. The van der Waals surface area contributed by atoms with Crippen LogP contribution in [0.3, 0.4) is 0 Å². The molecule has 0 radical (unpaired) electrons. The fraction of sp³-hybridized carbons (Fsp3) is 0.280.